The lowest BCUT2D eigenvalue weighted by molar-refractivity contribution is -0.138. The monoisotopic (exact) mass is 826 g/mol. The number of hydrogen-bond acceptors (Lipinski definition) is 10. The van der Waals surface area contributed by atoms with E-state index in [4.69, 9.17) is 32.7 Å². The SMILES string of the molecule is CC[C@@H](O)[C@@H](O)[C@H](O)[C@@H](O)CN(C)C(=O)CN1CCN(C(=O)CCCCc2cc(Cl)c(COC3(c4cnccc4-c4ccccc4OC4CC4)CC3)cc2Cl)CC1. The minimum atomic E-state index is -1.58. The second-order valence-corrected chi connectivity index (χ2v) is 16.5. The predicted octanol–water partition coefficient (Wildman–Crippen LogP) is 4.97. The van der Waals surface area contributed by atoms with E-state index in [1.807, 2.05) is 58.6 Å². The van der Waals surface area contributed by atoms with Crippen LogP contribution in [0.2, 0.25) is 10.0 Å². The Kier molecular flexibility index (Phi) is 14.9. The summed E-state index contributed by atoms with van der Waals surface area (Å²) < 4.78 is 12.9. The first-order chi connectivity index (χ1) is 27.4. The molecule has 4 atom stereocenters. The van der Waals surface area contributed by atoms with Gasteiger partial charge in [0.05, 0.1) is 31.0 Å². The summed E-state index contributed by atoms with van der Waals surface area (Å²) in [6.07, 6.45) is 5.04. The highest BCUT2D eigenvalue weighted by molar-refractivity contribution is 6.34. The van der Waals surface area contributed by atoms with Gasteiger partial charge < -0.3 is 39.7 Å². The van der Waals surface area contributed by atoms with Crippen molar-refractivity contribution < 1.29 is 39.5 Å². The van der Waals surface area contributed by atoms with Crippen LogP contribution < -0.4 is 4.74 Å². The zero-order chi connectivity index (χ0) is 40.7. The molecular weight excluding hydrogens is 771 g/mol. The highest BCUT2D eigenvalue weighted by Crippen LogP contribution is 2.53. The molecule has 0 unspecified atom stereocenters. The van der Waals surface area contributed by atoms with E-state index in [1.54, 1.807) is 6.92 Å². The number of pyridine rings is 1. The number of piperazine rings is 1. The van der Waals surface area contributed by atoms with Crippen LogP contribution in [0.25, 0.3) is 11.1 Å². The first kappa shape index (κ1) is 43.3. The van der Waals surface area contributed by atoms with Crippen LogP contribution in [0, 0.1) is 0 Å². The van der Waals surface area contributed by atoms with E-state index in [9.17, 15) is 30.0 Å². The number of rotatable bonds is 20. The van der Waals surface area contributed by atoms with Gasteiger partial charge in [0.25, 0.3) is 0 Å². The summed E-state index contributed by atoms with van der Waals surface area (Å²) in [7, 11) is 1.51. The molecule has 3 fully saturated rings. The third kappa shape index (κ3) is 11.2. The molecule has 2 aromatic carbocycles. The van der Waals surface area contributed by atoms with Gasteiger partial charge in [0.1, 0.15) is 24.1 Å². The van der Waals surface area contributed by atoms with E-state index in [1.165, 1.54) is 11.9 Å². The molecule has 1 saturated heterocycles. The van der Waals surface area contributed by atoms with Crippen LogP contribution in [-0.4, -0.2) is 129 Å². The van der Waals surface area contributed by atoms with E-state index < -0.39 is 30.0 Å². The maximum Gasteiger partial charge on any atom is 0.236 e. The van der Waals surface area contributed by atoms with E-state index in [-0.39, 0.29) is 37.4 Å². The number of benzene rings is 2. The summed E-state index contributed by atoms with van der Waals surface area (Å²) in [5, 5.41) is 41.4. The molecule has 12 nitrogen and oxygen atoms in total. The Bertz CT molecular complexity index is 1830. The fraction of sp³-hybridized carbons (Fsp3) is 0.558. The minimum absolute atomic E-state index is 0.0735. The van der Waals surface area contributed by atoms with Gasteiger partial charge in [-0.25, -0.2) is 0 Å². The van der Waals surface area contributed by atoms with Gasteiger partial charge in [0, 0.05) is 79.8 Å². The third-order valence-electron chi connectivity index (χ3n) is 11.3. The number of para-hydroxylation sites is 1. The van der Waals surface area contributed by atoms with Crippen LogP contribution in [0.3, 0.4) is 0 Å². The van der Waals surface area contributed by atoms with Gasteiger partial charge in [-0.15, -0.1) is 0 Å². The van der Waals surface area contributed by atoms with Gasteiger partial charge in [-0.05, 0) is 92.3 Å². The van der Waals surface area contributed by atoms with Crippen molar-refractivity contribution >= 4 is 35.0 Å². The molecule has 310 valence electrons. The molecular formula is C43H56Cl2N4O8. The predicted molar refractivity (Wildman–Crippen MR) is 218 cm³/mol. The highest BCUT2D eigenvalue weighted by atomic mass is 35.5. The van der Waals surface area contributed by atoms with Gasteiger partial charge in [0.2, 0.25) is 11.8 Å². The molecule has 0 spiro atoms. The molecule has 1 aliphatic heterocycles. The number of carbonyl (C=O) groups is 2. The maximum atomic E-state index is 13.0. The Labute approximate surface area is 345 Å². The number of amides is 2. The van der Waals surface area contributed by atoms with Crippen molar-refractivity contribution in [2.75, 3.05) is 46.3 Å². The summed E-state index contributed by atoms with van der Waals surface area (Å²) in [5.74, 6) is 0.700. The Hall–Kier alpha value is -3.33. The van der Waals surface area contributed by atoms with Crippen molar-refractivity contribution in [1.29, 1.82) is 0 Å². The molecule has 1 aromatic heterocycles. The minimum Gasteiger partial charge on any atom is -0.490 e. The summed E-state index contributed by atoms with van der Waals surface area (Å²) >= 11 is 13.6. The number of aliphatic hydroxyl groups is 4. The van der Waals surface area contributed by atoms with Gasteiger partial charge in [-0.3, -0.25) is 19.5 Å². The van der Waals surface area contributed by atoms with Crippen LogP contribution >= 0.6 is 23.2 Å². The van der Waals surface area contributed by atoms with Crippen molar-refractivity contribution in [3.63, 3.8) is 0 Å². The number of unbranched alkanes of at least 4 members (excludes halogenated alkanes) is 1. The Morgan fingerprint density at radius 3 is 2.32 bits per heavy atom. The molecule has 6 rings (SSSR count). The zero-order valence-electron chi connectivity index (χ0n) is 32.9. The average molecular weight is 828 g/mol. The van der Waals surface area contributed by atoms with E-state index in [0.29, 0.717) is 62.1 Å². The molecule has 0 bridgehead atoms. The topological polar surface area (TPSA) is 156 Å². The van der Waals surface area contributed by atoms with E-state index in [0.717, 1.165) is 65.7 Å². The van der Waals surface area contributed by atoms with Crippen LogP contribution in [0.4, 0.5) is 0 Å². The number of ether oxygens (including phenoxy) is 2. The second kappa shape index (κ2) is 19.6. The molecule has 2 heterocycles. The first-order valence-electron chi connectivity index (χ1n) is 20.2. The number of aryl methyl sites for hydroxylation is 1. The lowest BCUT2D eigenvalue weighted by Gasteiger charge is -2.35. The molecule has 2 aliphatic carbocycles. The molecule has 14 heteroatoms. The lowest BCUT2D eigenvalue weighted by Crippen LogP contribution is -2.53. The molecule has 57 heavy (non-hydrogen) atoms. The Morgan fingerprint density at radius 2 is 1.61 bits per heavy atom. The standard InChI is InChI=1S/C43H56Cl2N4O8/c1-3-36(50)41(54)42(55)37(51)25-47(2)40(53)26-48-18-20-49(21-19-48)39(52)11-7-4-8-28-22-35(45)29(23-34(28)44)27-56-43(15-16-43)33-24-46-17-14-31(33)32-9-5-6-10-38(32)57-30-12-13-30/h5-6,9-10,14,17,22-24,30,36-37,41-42,50-51,54-55H,3-4,7-8,11-13,15-16,18-21,25-27H2,1-2H3/t36-,37+,41-,42-/m1/s1. The molecule has 2 saturated carbocycles. The Morgan fingerprint density at radius 1 is 0.930 bits per heavy atom. The van der Waals surface area contributed by atoms with Crippen LogP contribution in [0.15, 0.2) is 54.9 Å². The maximum absolute atomic E-state index is 13.0. The second-order valence-electron chi connectivity index (χ2n) is 15.7. The molecule has 0 radical (unpaired) electrons. The van der Waals surface area contributed by atoms with Crippen molar-refractivity contribution in [3.8, 4) is 16.9 Å². The normalized spacial score (nSPS) is 18.8. The summed E-state index contributed by atoms with van der Waals surface area (Å²) in [6.45, 7) is 3.96. The van der Waals surface area contributed by atoms with Gasteiger partial charge in [-0.2, -0.15) is 0 Å². The van der Waals surface area contributed by atoms with Gasteiger partial charge >= 0.3 is 0 Å². The lowest BCUT2D eigenvalue weighted by atomic mass is 9.96. The van der Waals surface area contributed by atoms with Crippen molar-refractivity contribution in [3.05, 3.63) is 81.6 Å². The van der Waals surface area contributed by atoms with Crippen LogP contribution in [0.5, 0.6) is 5.75 Å². The van der Waals surface area contributed by atoms with Crippen molar-refractivity contribution in [2.45, 2.75) is 107 Å². The highest BCUT2D eigenvalue weighted by Gasteiger charge is 2.48. The first-order valence-corrected chi connectivity index (χ1v) is 20.9. The van der Waals surface area contributed by atoms with Crippen LogP contribution in [-0.2, 0) is 33.0 Å². The number of likely N-dealkylation sites (N-methyl/N-ethyl adjacent to an activating group) is 1. The quantitative estimate of drug-likeness (QED) is 0.115. The largest absolute Gasteiger partial charge is 0.490 e. The van der Waals surface area contributed by atoms with Crippen LogP contribution in [0.1, 0.15) is 75.0 Å². The van der Waals surface area contributed by atoms with E-state index in [2.05, 4.69) is 11.1 Å². The molecule has 3 aromatic rings. The zero-order valence-corrected chi connectivity index (χ0v) is 34.4. The number of aliphatic hydroxyl groups excluding tert-OH is 4. The number of nitrogens with zero attached hydrogens (tertiary/aromatic N) is 4. The fourth-order valence-corrected chi connectivity index (χ4v) is 7.83. The van der Waals surface area contributed by atoms with Crippen molar-refractivity contribution in [1.82, 2.24) is 19.7 Å². The van der Waals surface area contributed by atoms with Gasteiger partial charge in [0.15, 0.2) is 0 Å². The summed E-state index contributed by atoms with van der Waals surface area (Å²) in [5.41, 5.74) is 4.45. The molecule has 4 N–H and O–H groups in total. The van der Waals surface area contributed by atoms with E-state index >= 15 is 0 Å². The average Bonchev–Trinajstić information content (AvgIpc) is 4.17. The Balaban J connectivity index is 0.923. The summed E-state index contributed by atoms with van der Waals surface area (Å²) in [6, 6.07) is 14.0. The third-order valence-corrected chi connectivity index (χ3v) is 12.0. The number of hydrogen-bond donors (Lipinski definition) is 4. The summed E-state index contributed by atoms with van der Waals surface area (Å²) in [4.78, 5) is 35.3. The molecule has 2 amide bonds. The number of aromatic nitrogens is 1. The smallest absolute Gasteiger partial charge is 0.236 e. The fourth-order valence-electron chi connectivity index (χ4n) is 7.31. The number of carbonyl (C=O) groups excluding carboxylic acids is 2. The van der Waals surface area contributed by atoms with Crippen molar-refractivity contribution in [2.24, 2.45) is 0 Å². The number of halogens is 2. The van der Waals surface area contributed by atoms with Gasteiger partial charge in [-0.1, -0.05) is 48.3 Å². The molecule has 3 aliphatic rings.